The molecule has 5 unspecified atom stereocenters. The third-order valence-corrected chi connectivity index (χ3v) is 5.17. The van der Waals surface area contributed by atoms with Crippen LogP contribution in [0, 0.1) is 23.7 Å². The number of rotatable bonds is 3. The summed E-state index contributed by atoms with van der Waals surface area (Å²) in [5, 5.41) is 3.54. The van der Waals surface area contributed by atoms with E-state index in [0.29, 0.717) is 0 Å². The quantitative estimate of drug-likeness (QED) is 0.813. The lowest BCUT2D eigenvalue weighted by Crippen LogP contribution is -2.44. The van der Waals surface area contributed by atoms with Crippen LogP contribution in [0.5, 0.6) is 0 Å². The normalized spacial score (nSPS) is 44.1. The summed E-state index contributed by atoms with van der Waals surface area (Å²) in [6.07, 6.45) is 4.21. The number of nitrogens with zero attached hydrogens (tertiary/aromatic N) is 1. The number of hydrogen-bond acceptors (Lipinski definition) is 2. The third-order valence-electron chi connectivity index (χ3n) is 5.17. The molecule has 1 aliphatic heterocycles. The zero-order chi connectivity index (χ0) is 12.4. The fourth-order valence-electron chi connectivity index (χ4n) is 3.81. The van der Waals surface area contributed by atoms with Gasteiger partial charge in [-0.2, -0.15) is 0 Å². The summed E-state index contributed by atoms with van der Waals surface area (Å²) in [5.41, 5.74) is 0. The minimum absolute atomic E-state index is 0.761. The van der Waals surface area contributed by atoms with Crippen molar-refractivity contribution < 1.29 is 0 Å². The van der Waals surface area contributed by atoms with Gasteiger partial charge in [0.25, 0.3) is 0 Å². The van der Waals surface area contributed by atoms with Crippen LogP contribution in [0.3, 0.4) is 0 Å². The van der Waals surface area contributed by atoms with E-state index in [1.165, 1.54) is 38.9 Å². The predicted octanol–water partition coefficient (Wildman–Crippen LogP) is 2.60. The Bertz CT molecular complexity index is 231. The smallest absolute Gasteiger partial charge is 0.0105 e. The molecule has 17 heavy (non-hydrogen) atoms. The van der Waals surface area contributed by atoms with Crippen molar-refractivity contribution in [1.29, 1.82) is 0 Å². The first-order valence-electron chi connectivity index (χ1n) is 7.49. The standard InChI is InChI=1S/C15H30N2/c1-11-5-6-15(16-4)14(7-11)10-17-8-12(2)13(3)9-17/h11-16H,5-10H2,1-4H3. The van der Waals surface area contributed by atoms with Gasteiger partial charge in [0.05, 0.1) is 0 Å². The van der Waals surface area contributed by atoms with Gasteiger partial charge >= 0.3 is 0 Å². The van der Waals surface area contributed by atoms with Crippen LogP contribution in [-0.4, -0.2) is 37.6 Å². The molecule has 100 valence electrons. The van der Waals surface area contributed by atoms with E-state index in [4.69, 9.17) is 0 Å². The highest BCUT2D eigenvalue weighted by molar-refractivity contribution is 4.87. The molecule has 0 spiro atoms. The lowest BCUT2D eigenvalue weighted by molar-refractivity contribution is 0.161. The monoisotopic (exact) mass is 238 g/mol. The molecular weight excluding hydrogens is 208 g/mol. The molecule has 0 aromatic carbocycles. The van der Waals surface area contributed by atoms with Crippen LogP contribution >= 0.6 is 0 Å². The van der Waals surface area contributed by atoms with Crippen LogP contribution in [-0.2, 0) is 0 Å². The molecule has 1 saturated carbocycles. The minimum atomic E-state index is 0.761. The first kappa shape index (κ1) is 13.4. The maximum absolute atomic E-state index is 3.54. The summed E-state index contributed by atoms with van der Waals surface area (Å²) in [7, 11) is 2.14. The molecule has 1 saturated heterocycles. The summed E-state index contributed by atoms with van der Waals surface area (Å²) in [4.78, 5) is 2.71. The Balaban J connectivity index is 1.87. The van der Waals surface area contributed by atoms with Crippen molar-refractivity contribution in [3.05, 3.63) is 0 Å². The molecule has 2 heteroatoms. The summed E-state index contributed by atoms with van der Waals surface area (Å²) in [6.45, 7) is 11.2. The highest BCUT2D eigenvalue weighted by atomic mass is 15.2. The van der Waals surface area contributed by atoms with Gasteiger partial charge in [0.2, 0.25) is 0 Å². The van der Waals surface area contributed by atoms with Gasteiger partial charge in [-0.1, -0.05) is 20.8 Å². The van der Waals surface area contributed by atoms with Crippen molar-refractivity contribution >= 4 is 0 Å². The van der Waals surface area contributed by atoms with Crippen LogP contribution in [0.4, 0.5) is 0 Å². The van der Waals surface area contributed by atoms with E-state index >= 15 is 0 Å². The predicted molar refractivity (Wildman–Crippen MR) is 74.1 cm³/mol. The highest BCUT2D eigenvalue weighted by Gasteiger charge is 2.32. The first-order chi connectivity index (χ1) is 8.10. The van der Waals surface area contributed by atoms with E-state index < -0.39 is 0 Å². The summed E-state index contributed by atoms with van der Waals surface area (Å²) in [6, 6.07) is 0.761. The van der Waals surface area contributed by atoms with Crippen molar-refractivity contribution in [2.24, 2.45) is 23.7 Å². The SMILES string of the molecule is CNC1CCC(C)CC1CN1CC(C)C(C)C1. The second kappa shape index (κ2) is 5.71. The van der Waals surface area contributed by atoms with E-state index in [0.717, 1.165) is 29.7 Å². The molecule has 0 radical (unpaired) electrons. The molecule has 2 rings (SSSR count). The van der Waals surface area contributed by atoms with E-state index in [1.807, 2.05) is 0 Å². The average molecular weight is 238 g/mol. The lowest BCUT2D eigenvalue weighted by Gasteiger charge is -2.37. The molecule has 0 bridgehead atoms. The van der Waals surface area contributed by atoms with E-state index in [2.05, 4.69) is 38.0 Å². The van der Waals surface area contributed by atoms with Gasteiger partial charge in [-0.25, -0.2) is 0 Å². The molecule has 1 heterocycles. The van der Waals surface area contributed by atoms with Crippen LogP contribution in [0.1, 0.15) is 40.0 Å². The molecule has 1 N–H and O–H groups in total. The van der Waals surface area contributed by atoms with Crippen molar-refractivity contribution in [3.63, 3.8) is 0 Å². The summed E-state index contributed by atoms with van der Waals surface area (Å²) < 4.78 is 0. The zero-order valence-electron chi connectivity index (χ0n) is 12.1. The average Bonchev–Trinajstić information content (AvgIpc) is 2.58. The Labute approximate surface area is 107 Å². The zero-order valence-corrected chi connectivity index (χ0v) is 12.1. The van der Waals surface area contributed by atoms with Gasteiger partial charge < -0.3 is 10.2 Å². The highest BCUT2D eigenvalue weighted by Crippen LogP contribution is 2.31. The largest absolute Gasteiger partial charge is 0.317 e. The Morgan fingerprint density at radius 3 is 2.29 bits per heavy atom. The summed E-state index contributed by atoms with van der Waals surface area (Å²) >= 11 is 0. The molecule has 0 aromatic rings. The number of likely N-dealkylation sites (tertiary alicyclic amines) is 1. The van der Waals surface area contributed by atoms with Crippen molar-refractivity contribution in [2.75, 3.05) is 26.7 Å². The number of nitrogens with one attached hydrogen (secondary N) is 1. The topological polar surface area (TPSA) is 15.3 Å². The molecule has 0 amide bonds. The van der Waals surface area contributed by atoms with Crippen molar-refractivity contribution in [2.45, 2.75) is 46.1 Å². The minimum Gasteiger partial charge on any atom is -0.317 e. The van der Waals surface area contributed by atoms with Crippen LogP contribution in [0.15, 0.2) is 0 Å². The van der Waals surface area contributed by atoms with E-state index in [-0.39, 0.29) is 0 Å². The Morgan fingerprint density at radius 1 is 1.06 bits per heavy atom. The summed E-state index contributed by atoms with van der Waals surface area (Å²) in [5.74, 6) is 3.59. The number of hydrogen-bond donors (Lipinski definition) is 1. The Kier molecular flexibility index (Phi) is 4.48. The van der Waals surface area contributed by atoms with Gasteiger partial charge in [-0.3, -0.25) is 0 Å². The molecule has 2 fully saturated rings. The van der Waals surface area contributed by atoms with Crippen molar-refractivity contribution in [3.8, 4) is 0 Å². The van der Waals surface area contributed by atoms with Crippen LogP contribution < -0.4 is 5.32 Å². The van der Waals surface area contributed by atoms with E-state index in [1.54, 1.807) is 0 Å². The molecule has 2 nitrogen and oxygen atoms in total. The fraction of sp³-hybridized carbons (Fsp3) is 1.00. The Hall–Kier alpha value is -0.0800. The first-order valence-corrected chi connectivity index (χ1v) is 7.49. The molecule has 0 aromatic heterocycles. The molecule has 5 atom stereocenters. The maximum atomic E-state index is 3.54. The third kappa shape index (κ3) is 3.23. The van der Waals surface area contributed by atoms with Gasteiger partial charge in [-0.05, 0) is 50.0 Å². The van der Waals surface area contributed by atoms with Crippen molar-refractivity contribution in [1.82, 2.24) is 10.2 Å². The fourth-order valence-corrected chi connectivity index (χ4v) is 3.81. The van der Waals surface area contributed by atoms with Gasteiger partial charge in [0.15, 0.2) is 0 Å². The molecule has 2 aliphatic rings. The van der Waals surface area contributed by atoms with Gasteiger partial charge in [-0.15, -0.1) is 0 Å². The second-order valence-corrected chi connectivity index (χ2v) is 6.75. The molecular formula is C15H30N2. The van der Waals surface area contributed by atoms with E-state index in [9.17, 15) is 0 Å². The Morgan fingerprint density at radius 2 is 1.71 bits per heavy atom. The van der Waals surface area contributed by atoms with Crippen LogP contribution in [0.2, 0.25) is 0 Å². The van der Waals surface area contributed by atoms with Gasteiger partial charge in [0.1, 0.15) is 0 Å². The van der Waals surface area contributed by atoms with Crippen LogP contribution in [0.25, 0.3) is 0 Å². The lowest BCUT2D eigenvalue weighted by atomic mass is 9.78. The second-order valence-electron chi connectivity index (χ2n) is 6.75. The molecule has 1 aliphatic carbocycles. The maximum Gasteiger partial charge on any atom is 0.0105 e. The van der Waals surface area contributed by atoms with Gasteiger partial charge in [0, 0.05) is 25.7 Å².